The van der Waals surface area contributed by atoms with Gasteiger partial charge in [0.2, 0.25) is 10.0 Å². The van der Waals surface area contributed by atoms with Crippen LogP contribution in [0.1, 0.15) is 16.2 Å². The first kappa shape index (κ1) is 14.8. The summed E-state index contributed by atoms with van der Waals surface area (Å²) < 4.78 is 33.1. The summed E-state index contributed by atoms with van der Waals surface area (Å²) in [6.45, 7) is 5.80. The number of aryl methyl sites for hydroxylation is 2. The van der Waals surface area contributed by atoms with Crippen LogP contribution in [0, 0.1) is 13.8 Å². The largest absolute Gasteiger partial charge is 0.380 e. The molecule has 0 bridgehead atoms. The van der Waals surface area contributed by atoms with Crippen molar-refractivity contribution in [2.75, 3.05) is 25.5 Å². The number of thiophene rings is 1. The molecule has 4 nitrogen and oxygen atoms in total. The van der Waals surface area contributed by atoms with Crippen LogP contribution in [-0.4, -0.2) is 49.5 Å². The van der Waals surface area contributed by atoms with Gasteiger partial charge in [-0.1, -0.05) is 0 Å². The highest BCUT2D eigenvalue weighted by atomic mass is 32.2. The van der Waals surface area contributed by atoms with Crippen molar-refractivity contribution in [3.05, 3.63) is 15.8 Å². The lowest BCUT2D eigenvalue weighted by Crippen LogP contribution is -2.54. The topological polar surface area (TPSA) is 46.6 Å². The Kier molecular flexibility index (Phi) is 4.16. The summed E-state index contributed by atoms with van der Waals surface area (Å²) in [5.74, 6) is 0.853. The van der Waals surface area contributed by atoms with Gasteiger partial charge >= 0.3 is 0 Å². The number of ether oxygens (including phenoxy) is 1. The first-order valence-corrected chi connectivity index (χ1v) is 10.1. The van der Waals surface area contributed by atoms with Crippen LogP contribution >= 0.6 is 23.1 Å². The Morgan fingerprint density at radius 1 is 1.40 bits per heavy atom. The Morgan fingerprint density at radius 3 is 2.90 bits per heavy atom. The second-order valence-electron chi connectivity index (χ2n) is 5.23. The van der Waals surface area contributed by atoms with Gasteiger partial charge in [0.1, 0.15) is 0 Å². The summed E-state index contributed by atoms with van der Waals surface area (Å²) in [5, 5.41) is 0.285. The summed E-state index contributed by atoms with van der Waals surface area (Å²) in [6, 6.07) is 1.90. The van der Waals surface area contributed by atoms with Crippen LogP contribution in [0.4, 0.5) is 0 Å². The van der Waals surface area contributed by atoms with Gasteiger partial charge in [-0.3, -0.25) is 0 Å². The highest BCUT2D eigenvalue weighted by molar-refractivity contribution is 8.00. The van der Waals surface area contributed by atoms with Gasteiger partial charge in [0.15, 0.2) is 0 Å². The Balaban J connectivity index is 1.95. The molecule has 0 unspecified atom stereocenters. The van der Waals surface area contributed by atoms with Crippen LogP contribution in [0.3, 0.4) is 0 Å². The molecule has 0 aromatic carbocycles. The van der Waals surface area contributed by atoms with Gasteiger partial charge in [-0.05, 0) is 26.3 Å². The standard InChI is InChI=1S/C13H19NO3S3/c1-9-7-13(10(2)19-9)20(15,16)14-4-6-18-12-8-17-5-3-11(12)14/h7,11-12H,3-6,8H2,1-2H3/t11-,12-/m0/s1. The number of sulfonamides is 1. The van der Waals surface area contributed by atoms with Crippen LogP contribution in [0.5, 0.6) is 0 Å². The summed E-state index contributed by atoms with van der Waals surface area (Å²) in [4.78, 5) is 2.44. The van der Waals surface area contributed by atoms with Crippen molar-refractivity contribution in [2.24, 2.45) is 0 Å². The first-order chi connectivity index (χ1) is 9.50. The molecule has 0 spiro atoms. The zero-order valence-electron chi connectivity index (χ0n) is 11.7. The maximum atomic E-state index is 13.0. The Hall–Kier alpha value is -0.0800. The molecule has 0 N–H and O–H groups in total. The molecule has 3 heterocycles. The van der Waals surface area contributed by atoms with Crippen LogP contribution < -0.4 is 0 Å². The molecule has 0 saturated carbocycles. The molecule has 20 heavy (non-hydrogen) atoms. The molecule has 2 atom stereocenters. The predicted molar refractivity (Wildman–Crippen MR) is 83.2 cm³/mol. The van der Waals surface area contributed by atoms with E-state index in [4.69, 9.17) is 4.74 Å². The Labute approximate surface area is 128 Å². The molecule has 1 aromatic rings. The number of hydrogen-bond donors (Lipinski definition) is 0. The van der Waals surface area contributed by atoms with Crippen LogP contribution in [0.2, 0.25) is 0 Å². The van der Waals surface area contributed by atoms with E-state index in [-0.39, 0.29) is 11.3 Å². The average molecular weight is 334 g/mol. The van der Waals surface area contributed by atoms with E-state index in [0.717, 1.165) is 21.9 Å². The highest BCUT2D eigenvalue weighted by Crippen LogP contribution is 2.36. The van der Waals surface area contributed by atoms with E-state index in [9.17, 15) is 8.42 Å². The van der Waals surface area contributed by atoms with Crippen molar-refractivity contribution in [1.29, 1.82) is 0 Å². The lowest BCUT2D eigenvalue weighted by atomic mass is 10.1. The maximum absolute atomic E-state index is 13.0. The Morgan fingerprint density at radius 2 is 2.20 bits per heavy atom. The third-order valence-corrected chi connectivity index (χ3v) is 8.31. The molecule has 7 heteroatoms. The fourth-order valence-electron chi connectivity index (χ4n) is 2.94. The van der Waals surface area contributed by atoms with Gasteiger partial charge in [0.05, 0.1) is 11.5 Å². The van der Waals surface area contributed by atoms with E-state index in [1.165, 1.54) is 0 Å². The Bertz CT molecular complexity index is 594. The molecule has 1 aromatic heterocycles. The van der Waals surface area contributed by atoms with E-state index in [2.05, 4.69) is 0 Å². The van der Waals surface area contributed by atoms with Gasteiger partial charge in [-0.15, -0.1) is 11.3 Å². The molecule has 0 amide bonds. The third-order valence-electron chi connectivity index (χ3n) is 3.86. The monoisotopic (exact) mass is 333 g/mol. The number of nitrogens with zero attached hydrogens (tertiary/aromatic N) is 1. The number of fused-ring (bicyclic) bond motifs is 1. The normalized spacial score (nSPS) is 28.3. The molecular weight excluding hydrogens is 314 g/mol. The molecule has 3 rings (SSSR count). The minimum absolute atomic E-state index is 0.0899. The van der Waals surface area contributed by atoms with Gasteiger partial charge < -0.3 is 4.74 Å². The van der Waals surface area contributed by atoms with E-state index < -0.39 is 10.0 Å². The van der Waals surface area contributed by atoms with Gasteiger partial charge in [0, 0.05) is 40.0 Å². The molecule has 112 valence electrons. The third kappa shape index (κ3) is 2.54. The summed E-state index contributed by atoms with van der Waals surface area (Å²) in [6.07, 6.45) is 0.805. The minimum atomic E-state index is -3.37. The molecule has 2 saturated heterocycles. The summed E-state index contributed by atoms with van der Waals surface area (Å²) in [7, 11) is -3.37. The van der Waals surface area contributed by atoms with Gasteiger partial charge in [0.25, 0.3) is 0 Å². The summed E-state index contributed by atoms with van der Waals surface area (Å²) >= 11 is 3.40. The van der Waals surface area contributed by atoms with Gasteiger partial charge in [-0.25, -0.2) is 8.42 Å². The number of rotatable bonds is 2. The molecule has 2 fully saturated rings. The van der Waals surface area contributed by atoms with Crippen molar-refractivity contribution >= 4 is 33.1 Å². The second-order valence-corrected chi connectivity index (χ2v) is 9.90. The fraction of sp³-hybridized carbons (Fsp3) is 0.692. The molecule has 0 radical (unpaired) electrons. The smallest absolute Gasteiger partial charge is 0.244 e. The fourth-order valence-corrected chi connectivity index (χ4v) is 7.65. The van der Waals surface area contributed by atoms with Crippen LogP contribution in [0.15, 0.2) is 11.0 Å². The van der Waals surface area contributed by atoms with Crippen molar-refractivity contribution in [2.45, 2.75) is 36.5 Å². The van der Waals surface area contributed by atoms with E-state index in [0.29, 0.717) is 24.7 Å². The predicted octanol–water partition coefficient (Wildman–Crippen LogP) is 2.26. The van der Waals surface area contributed by atoms with E-state index >= 15 is 0 Å². The molecule has 2 aliphatic rings. The SMILES string of the molecule is Cc1cc(S(=O)(=O)N2CCS[C@H]3COCC[C@@H]32)c(C)s1. The molecule has 0 aliphatic carbocycles. The lowest BCUT2D eigenvalue weighted by Gasteiger charge is -2.42. The van der Waals surface area contributed by atoms with Crippen molar-refractivity contribution in [3.8, 4) is 0 Å². The lowest BCUT2D eigenvalue weighted by molar-refractivity contribution is 0.0625. The van der Waals surface area contributed by atoms with Gasteiger partial charge in [-0.2, -0.15) is 16.1 Å². The zero-order valence-corrected chi connectivity index (χ0v) is 14.1. The van der Waals surface area contributed by atoms with E-state index in [1.54, 1.807) is 15.6 Å². The number of thioether (sulfide) groups is 1. The minimum Gasteiger partial charge on any atom is -0.380 e. The summed E-state index contributed by atoms with van der Waals surface area (Å²) in [5.41, 5.74) is 0. The average Bonchev–Trinajstić information content (AvgIpc) is 2.78. The zero-order chi connectivity index (χ0) is 14.3. The highest BCUT2D eigenvalue weighted by Gasteiger charge is 2.41. The molecule has 2 aliphatic heterocycles. The quantitative estimate of drug-likeness (QED) is 0.833. The molecular formula is C13H19NO3S3. The second kappa shape index (κ2) is 5.61. The maximum Gasteiger partial charge on any atom is 0.244 e. The first-order valence-electron chi connectivity index (χ1n) is 6.78. The van der Waals surface area contributed by atoms with Crippen molar-refractivity contribution in [1.82, 2.24) is 4.31 Å². The van der Waals surface area contributed by atoms with E-state index in [1.807, 2.05) is 31.7 Å². The number of hydrogen-bond acceptors (Lipinski definition) is 5. The van der Waals surface area contributed by atoms with Crippen molar-refractivity contribution in [3.63, 3.8) is 0 Å². The van der Waals surface area contributed by atoms with Crippen LogP contribution in [-0.2, 0) is 14.8 Å². The van der Waals surface area contributed by atoms with Crippen molar-refractivity contribution < 1.29 is 13.2 Å². The van der Waals surface area contributed by atoms with Crippen LogP contribution in [0.25, 0.3) is 0 Å².